The lowest BCUT2D eigenvalue weighted by molar-refractivity contribution is 0.0725. The van der Waals surface area contributed by atoms with E-state index in [2.05, 4.69) is 17.9 Å². The van der Waals surface area contributed by atoms with Crippen LogP contribution < -0.4 is 15.0 Å². The molecule has 3 heterocycles. The van der Waals surface area contributed by atoms with Gasteiger partial charge in [0.1, 0.15) is 0 Å². The molecule has 0 aliphatic carbocycles. The lowest BCUT2D eigenvalue weighted by atomic mass is 9.97. The number of pyridine rings is 1. The van der Waals surface area contributed by atoms with Crippen LogP contribution in [0.25, 0.3) is 16.5 Å². The van der Waals surface area contributed by atoms with Crippen molar-refractivity contribution >= 4 is 16.7 Å². The molecule has 2 aromatic carbocycles. The lowest BCUT2D eigenvalue weighted by Crippen LogP contribution is -2.36. The molecule has 0 radical (unpaired) electrons. The number of hydrogen-bond acceptors (Lipinski definition) is 5. The Balaban J connectivity index is 1.76. The smallest absolute Gasteiger partial charge is 0.263 e. The average molecular weight is 476 g/mol. The van der Waals surface area contributed by atoms with E-state index in [4.69, 9.17) is 9.47 Å². The molecule has 184 valence electrons. The summed E-state index contributed by atoms with van der Waals surface area (Å²) in [5, 5.41) is 1.05. The van der Waals surface area contributed by atoms with Crippen LogP contribution in [0.15, 0.2) is 41.3 Å². The Morgan fingerprint density at radius 1 is 0.971 bits per heavy atom. The summed E-state index contributed by atoms with van der Waals surface area (Å²) in [6.07, 6.45) is 5.83. The molecule has 5 rings (SSSR count). The Bertz CT molecular complexity index is 1320. The molecule has 0 atom stereocenters. The number of carbonyl (C=O) groups excluding carboxylic acids is 1. The van der Waals surface area contributed by atoms with E-state index in [1.165, 1.54) is 5.56 Å². The van der Waals surface area contributed by atoms with Gasteiger partial charge in [0.05, 0.1) is 30.9 Å². The first kappa shape index (κ1) is 23.4. The largest absolute Gasteiger partial charge is 0.493 e. The van der Waals surface area contributed by atoms with E-state index in [-0.39, 0.29) is 11.5 Å². The molecule has 0 bridgehead atoms. The zero-order chi connectivity index (χ0) is 24.5. The highest BCUT2D eigenvalue weighted by molar-refractivity contribution is 6.07. The molecule has 0 unspecified atom stereocenters. The van der Waals surface area contributed by atoms with Crippen LogP contribution in [-0.4, -0.2) is 60.7 Å². The van der Waals surface area contributed by atoms with Crippen molar-refractivity contribution in [3.8, 4) is 17.2 Å². The maximum absolute atomic E-state index is 13.9. The number of nitrogens with zero attached hydrogens (tertiary/aromatic N) is 3. The SMILES string of the molecule is CCN1CCc2cccc(-n3cc(C(=O)N4CCCCC4)c4cc(OC)c(OC)cc4c3=O)c2C1. The van der Waals surface area contributed by atoms with Gasteiger partial charge in [-0.1, -0.05) is 19.1 Å². The van der Waals surface area contributed by atoms with Gasteiger partial charge in [-0.15, -0.1) is 0 Å². The molecule has 0 spiro atoms. The number of carbonyl (C=O) groups is 1. The van der Waals surface area contributed by atoms with Crippen LogP contribution in [-0.2, 0) is 13.0 Å². The first-order valence-electron chi connectivity index (χ1n) is 12.5. The van der Waals surface area contributed by atoms with Crippen LogP contribution in [0.1, 0.15) is 47.7 Å². The summed E-state index contributed by atoms with van der Waals surface area (Å²) in [6.45, 7) is 6.38. The van der Waals surface area contributed by atoms with Gasteiger partial charge in [0, 0.05) is 37.8 Å². The second kappa shape index (κ2) is 9.74. The van der Waals surface area contributed by atoms with Gasteiger partial charge in [0.15, 0.2) is 11.5 Å². The number of aromatic nitrogens is 1. The van der Waals surface area contributed by atoms with Gasteiger partial charge >= 0.3 is 0 Å². The van der Waals surface area contributed by atoms with Crippen LogP contribution in [0.2, 0.25) is 0 Å². The highest BCUT2D eigenvalue weighted by Crippen LogP contribution is 2.34. The third-order valence-corrected chi connectivity index (χ3v) is 7.43. The van der Waals surface area contributed by atoms with Crippen molar-refractivity contribution in [2.24, 2.45) is 0 Å². The van der Waals surface area contributed by atoms with Crippen molar-refractivity contribution in [2.45, 2.75) is 39.2 Å². The van der Waals surface area contributed by atoms with Gasteiger partial charge in [-0.3, -0.25) is 19.1 Å². The Labute approximate surface area is 205 Å². The van der Waals surface area contributed by atoms with Crippen molar-refractivity contribution in [2.75, 3.05) is 40.4 Å². The number of piperidine rings is 1. The molecule has 2 aliphatic heterocycles. The van der Waals surface area contributed by atoms with Gasteiger partial charge in [-0.25, -0.2) is 0 Å². The minimum absolute atomic E-state index is 0.0457. The number of methoxy groups -OCH3 is 2. The van der Waals surface area contributed by atoms with Crippen molar-refractivity contribution < 1.29 is 14.3 Å². The summed E-state index contributed by atoms with van der Waals surface area (Å²) in [7, 11) is 3.12. The topological polar surface area (TPSA) is 64.0 Å². The Morgan fingerprint density at radius 3 is 2.37 bits per heavy atom. The highest BCUT2D eigenvalue weighted by Gasteiger charge is 2.25. The van der Waals surface area contributed by atoms with E-state index < -0.39 is 0 Å². The van der Waals surface area contributed by atoms with Gasteiger partial charge < -0.3 is 14.4 Å². The fourth-order valence-corrected chi connectivity index (χ4v) is 5.40. The normalized spacial score (nSPS) is 16.3. The van der Waals surface area contributed by atoms with Gasteiger partial charge in [-0.05, 0) is 61.6 Å². The molecule has 1 amide bonds. The number of hydrogen-bond donors (Lipinski definition) is 0. The standard InChI is InChI=1S/C28H33N3O4/c1-4-29-14-11-19-9-8-10-24(22(19)17-29)31-18-23(27(32)30-12-6-5-7-13-30)20-15-25(34-2)26(35-3)16-21(20)28(31)33/h8-10,15-16,18H,4-7,11-14,17H2,1-3H3. The average Bonchev–Trinajstić information content (AvgIpc) is 2.92. The van der Waals surface area contributed by atoms with E-state index in [9.17, 15) is 9.59 Å². The molecule has 3 aromatic rings. The van der Waals surface area contributed by atoms with Crippen molar-refractivity contribution in [1.82, 2.24) is 14.4 Å². The minimum Gasteiger partial charge on any atom is -0.493 e. The van der Waals surface area contributed by atoms with Crippen LogP contribution in [0, 0.1) is 0 Å². The number of likely N-dealkylation sites (N-methyl/N-ethyl adjacent to an activating group) is 1. The molecule has 0 N–H and O–H groups in total. The molecule has 1 saturated heterocycles. The molecule has 7 nitrogen and oxygen atoms in total. The number of likely N-dealkylation sites (tertiary alicyclic amines) is 1. The monoisotopic (exact) mass is 475 g/mol. The molecular formula is C28H33N3O4. The Morgan fingerprint density at radius 2 is 1.69 bits per heavy atom. The summed E-state index contributed by atoms with van der Waals surface area (Å²) in [5.74, 6) is 0.926. The zero-order valence-corrected chi connectivity index (χ0v) is 20.8. The van der Waals surface area contributed by atoms with Crippen LogP contribution in [0.3, 0.4) is 0 Å². The van der Waals surface area contributed by atoms with E-state index in [1.807, 2.05) is 17.0 Å². The molecule has 0 saturated carbocycles. The maximum Gasteiger partial charge on any atom is 0.263 e. The number of fused-ring (bicyclic) bond motifs is 2. The fraction of sp³-hybridized carbons (Fsp3) is 0.429. The number of rotatable bonds is 5. The summed E-state index contributed by atoms with van der Waals surface area (Å²) in [6, 6.07) is 9.60. The second-order valence-corrected chi connectivity index (χ2v) is 9.36. The molecule has 7 heteroatoms. The highest BCUT2D eigenvalue weighted by atomic mass is 16.5. The molecule has 1 aromatic heterocycles. The molecule has 2 aliphatic rings. The Hall–Kier alpha value is -3.32. The summed E-state index contributed by atoms with van der Waals surface area (Å²) in [4.78, 5) is 32.0. The summed E-state index contributed by atoms with van der Waals surface area (Å²) in [5.41, 5.74) is 3.60. The predicted octanol–water partition coefficient (Wildman–Crippen LogP) is 4.01. The summed E-state index contributed by atoms with van der Waals surface area (Å²) < 4.78 is 12.7. The van der Waals surface area contributed by atoms with E-state index >= 15 is 0 Å². The van der Waals surface area contributed by atoms with E-state index in [1.54, 1.807) is 37.1 Å². The number of benzene rings is 2. The van der Waals surface area contributed by atoms with Gasteiger partial charge in [0.2, 0.25) is 0 Å². The Kier molecular flexibility index (Phi) is 6.52. The second-order valence-electron chi connectivity index (χ2n) is 9.36. The minimum atomic E-state index is -0.168. The van der Waals surface area contributed by atoms with Gasteiger partial charge in [-0.2, -0.15) is 0 Å². The first-order valence-corrected chi connectivity index (χ1v) is 12.5. The van der Waals surface area contributed by atoms with Crippen molar-refractivity contribution in [3.63, 3.8) is 0 Å². The third-order valence-electron chi connectivity index (χ3n) is 7.43. The first-order chi connectivity index (χ1) is 17.0. The molecule has 35 heavy (non-hydrogen) atoms. The quantitative estimate of drug-likeness (QED) is 0.558. The zero-order valence-electron chi connectivity index (χ0n) is 20.8. The fourth-order valence-electron chi connectivity index (χ4n) is 5.40. The van der Waals surface area contributed by atoms with Crippen LogP contribution in [0.4, 0.5) is 0 Å². The maximum atomic E-state index is 13.9. The molecule has 1 fully saturated rings. The third kappa shape index (κ3) is 4.18. The van der Waals surface area contributed by atoms with Crippen molar-refractivity contribution in [3.05, 3.63) is 63.6 Å². The number of amides is 1. The van der Waals surface area contributed by atoms with E-state index in [0.29, 0.717) is 27.8 Å². The van der Waals surface area contributed by atoms with E-state index in [0.717, 1.165) is 69.7 Å². The van der Waals surface area contributed by atoms with Crippen LogP contribution >= 0.6 is 0 Å². The predicted molar refractivity (Wildman–Crippen MR) is 137 cm³/mol. The molecular weight excluding hydrogens is 442 g/mol. The van der Waals surface area contributed by atoms with Gasteiger partial charge in [0.25, 0.3) is 11.5 Å². The lowest BCUT2D eigenvalue weighted by Gasteiger charge is -2.30. The van der Waals surface area contributed by atoms with Crippen LogP contribution in [0.5, 0.6) is 11.5 Å². The van der Waals surface area contributed by atoms with Crippen molar-refractivity contribution in [1.29, 1.82) is 0 Å². The number of ether oxygens (including phenoxy) is 2. The summed E-state index contributed by atoms with van der Waals surface area (Å²) >= 11 is 0.